The van der Waals surface area contributed by atoms with E-state index in [0.29, 0.717) is 30.0 Å². The Bertz CT molecular complexity index is 1260. The smallest absolute Gasteiger partial charge is 0.254 e. The summed E-state index contributed by atoms with van der Waals surface area (Å²) < 4.78 is 33.9. The van der Waals surface area contributed by atoms with Crippen molar-refractivity contribution in [3.05, 3.63) is 95.8 Å². The molecule has 1 aliphatic heterocycles. The van der Waals surface area contributed by atoms with Gasteiger partial charge in [0.05, 0.1) is 30.3 Å². The molecule has 184 valence electrons. The molecule has 2 heterocycles. The number of nitrogens with zero attached hydrogens (tertiary/aromatic N) is 3. The fourth-order valence-electron chi connectivity index (χ4n) is 4.28. The van der Waals surface area contributed by atoms with Crippen molar-refractivity contribution in [2.24, 2.45) is 0 Å². The minimum absolute atomic E-state index is 0.0175. The lowest BCUT2D eigenvalue weighted by molar-refractivity contribution is 0.0502. The predicted octanol–water partition coefficient (Wildman–Crippen LogP) is 4.17. The van der Waals surface area contributed by atoms with E-state index in [1.54, 1.807) is 33.9 Å². The van der Waals surface area contributed by atoms with Gasteiger partial charge in [-0.05, 0) is 37.5 Å². The molecule has 1 amide bonds. The third-order valence-electron chi connectivity index (χ3n) is 6.08. The van der Waals surface area contributed by atoms with E-state index < -0.39 is 9.84 Å². The molecule has 1 aromatic heterocycles. The summed E-state index contributed by atoms with van der Waals surface area (Å²) in [5, 5.41) is -0.0175. The van der Waals surface area contributed by atoms with Crippen LogP contribution in [0, 0.1) is 6.92 Å². The van der Waals surface area contributed by atoms with Crippen LogP contribution in [-0.2, 0) is 33.4 Å². The average Bonchev–Trinajstić information content (AvgIpc) is 3.50. The first-order valence-electron chi connectivity index (χ1n) is 11.8. The first kappa shape index (κ1) is 24.9. The van der Waals surface area contributed by atoms with Crippen molar-refractivity contribution in [1.29, 1.82) is 0 Å². The number of imidazole rings is 1. The number of benzene rings is 2. The molecule has 0 N–H and O–H groups in total. The monoisotopic (exact) mass is 493 g/mol. The van der Waals surface area contributed by atoms with Gasteiger partial charge in [-0.3, -0.25) is 4.79 Å². The van der Waals surface area contributed by atoms with Crippen LogP contribution in [0.2, 0.25) is 0 Å². The van der Waals surface area contributed by atoms with Crippen molar-refractivity contribution < 1.29 is 17.9 Å². The molecule has 1 atom stereocenters. The van der Waals surface area contributed by atoms with E-state index in [2.05, 4.69) is 11.6 Å². The summed E-state index contributed by atoms with van der Waals surface area (Å²) in [7, 11) is -3.70. The molecule has 3 aromatic rings. The Morgan fingerprint density at radius 1 is 1.20 bits per heavy atom. The van der Waals surface area contributed by atoms with Crippen LogP contribution in [0.1, 0.15) is 40.0 Å². The summed E-state index contributed by atoms with van der Waals surface area (Å²) in [6.07, 6.45) is 5.00. The zero-order chi connectivity index (χ0) is 24.8. The van der Waals surface area contributed by atoms with E-state index in [1.807, 2.05) is 49.4 Å². The molecule has 4 rings (SSSR count). The fraction of sp³-hybridized carbons (Fsp3) is 0.333. The summed E-state index contributed by atoms with van der Waals surface area (Å²) in [4.78, 5) is 19.5. The molecule has 0 aliphatic carbocycles. The molecular formula is C27H31N3O4S. The van der Waals surface area contributed by atoms with Gasteiger partial charge in [0.15, 0.2) is 0 Å². The zero-order valence-electron chi connectivity index (χ0n) is 20.0. The molecule has 8 heteroatoms. The maximum atomic E-state index is 13.5. The normalized spacial score (nSPS) is 15.7. The van der Waals surface area contributed by atoms with Crippen molar-refractivity contribution in [2.45, 2.75) is 49.9 Å². The Kier molecular flexibility index (Phi) is 7.83. The molecule has 2 aromatic carbocycles. The van der Waals surface area contributed by atoms with E-state index in [1.165, 1.54) is 0 Å². The highest BCUT2D eigenvalue weighted by atomic mass is 32.2. The number of ether oxygens (including phenoxy) is 1. The molecule has 0 spiro atoms. The van der Waals surface area contributed by atoms with Gasteiger partial charge in [0, 0.05) is 25.3 Å². The van der Waals surface area contributed by atoms with E-state index in [9.17, 15) is 13.2 Å². The Morgan fingerprint density at radius 3 is 2.60 bits per heavy atom. The Balaban J connectivity index is 1.64. The summed E-state index contributed by atoms with van der Waals surface area (Å²) >= 11 is 0. The second-order valence-corrected chi connectivity index (χ2v) is 10.7. The Hall–Kier alpha value is -3.23. The van der Waals surface area contributed by atoms with Crippen molar-refractivity contribution in [2.75, 3.05) is 13.2 Å². The number of carbonyl (C=O) groups excluding carboxylic acids is 1. The number of rotatable bonds is 10. The molecule has 0 saturated carbocycles. The van der Waals surface area contributed by atoms with E-state index in [4.69, 9.17) is 4.74 Å². The highest BCUT2D eigenvalue weighted by Crippen LogP contribution is 2.21. The summed E-state index contributed by atoms with van der Waals surface area (Å²) in [5.41, 5.74) is 2.98. The van der Waals surface area contributed by atoms with Crippen LogP contribution in [0.25, 0.3) is 0 Å². The maximum Gasteiger partial charge on any atom is 0.254 e. The maximum absolute atomic E-state index is 13.5. The summed E-state index contributed by atoms with van der Waals surface area (Å²) in [6, 6.07) is 16.5. The quantitative estimate of drug-likeness (QED) is 0.396. The molecule has 35 heavy (non-hydrogen) atoms. The van der Waals surface area contributed by atoms with Crippen molar-refractivity contribution in [3.8, 4) is 0 Å². The number of carbonyl (C=O) groups is 1. The highest BCUT2D eigenvalue weighted by Gasteiger charge is 2.28. The van der Waals surface area contributed by atoms with Crippen LogP contribution in [0.15, 0.2) is 78.6 Å². The second-order valence-electron chi connectivity index (χ2n) is 8.86. The molecule has 7 nitrogen and oxygen atoms in total. The number of hydrogen-bond donors (Lipinski definition) is 0. The van der Waals surface area contributed by atoms with Crippen molar-refractivity contribution in [1.82, 2.24) is 14.5 Å². The lowest BCUT2D eigenvalue weighted by atomic mass is 10.1. The first-order chi connectivity index (χ1) is 16.9. The van der Waals surface area contributed by atoms with Gasteiger partial charge in [0.25, 0.3) is 5.91 Å². The molecule has 1 aliphatic rings. The standard InChI is InChI=1S/C27H31N3O4S/c1-3-15-30-24(17-28-27(30)35(32,33)20-22-8-5-4-6-9-22)18-29(19-25-10-7-16-34-25)26(31)23-13-11-21(2)12-14-23/h3-6,8-9,11-14,17,25H,1,7,10,15-16,18-20H2,2H3/t25-/m0/s1. The van der Waals surface area contributed by atoms with Gasteiger partial charge in [0.2, 0.25) is 15.0 Å². The second kappa shape index (κ2) is 11.0. The van der Waals surface area contributed by atoms with Crippen LogP contribution in [-0.4, -0.2) is 48.0 Å². The molecule has 1 saturated heterocycles. The van der Waals surface area contributed by atoms with Gasteiger partial charge < -0.3 is 14.2 Å². The van der Waals surface area contributed by atoms with Gasteiger partial charge in [-0.2, -0.15) is 0 Å². The van der Waals surface area contributed by atoms with Crippen LogP contribution in [0.4, 0.5) is 0 Å². The SMILES string of the molecule is C=CCn1c(CN(C[C@@H]2CCCO2)C(=O)c2ccc(C)cc2)cnc1S(=O)(=O)Cc1ccccc1. The lowest BCUT2D eigenvalue weighted by Gasteiger charge is -2.26. The highest BCUT2D eigenvalue weighted by molar-refractivity contribution is 7.90. The van der Waals surface area contributed by atoms with E-state index >= 15 is 0 Å². The van der Waals surface area contributed by atoms with E-state index in [-0.39, 0.29) is 36.0 Å². The Labute approximate surface area is 207 Å². The minimum Gasteiger partial charge on any atom is -0.376 e. The van der Waals surface area contributed by atoms with Gasteiger partial charge in [0.1, 0.15) is 0 Å². The summed E-state index contributed by atoms with van der Waals surface area (Å²) in [6.45, 7) is 7.37. The molecule has 0 unspecified atom stereocenters. The van der Waals surface area contributed by atoms with Gasteiger partial charge in [-0.1, -0.05) is 54.1 Å². The third kappa shape index (κ3) is 6.07. The lowest BCUT2D eigenvalue weighted by Crippen LogP contribution is -2.37. The number of aryl methyl sites for hydroxylation is 1. The molecule has 1 fully saturated rings. The van der Waals surface area contributed by atoms with Crippen LogP contribution in [0.5, 0.6) is 0 Å². The van der Waals surface area contributed by atoms with Gasteiger partial charge >= 0.3 is 0 Å². The number of aromatic nitrogens is 2. The number of allylic oxidation sites excluding steroid dienone is 1. The van der Waals surface area contributed by atoms with E-state index in [0.717, 1.165) is 18.4 Å². The van der Waals surface area contributed by atoms with Gasteiger partial charge in [-0.15, -0.1) is 6.58 Å². The molecule has 0 bridgehead atoms. The zero-order valence-corrected chi connectivity index (χ0v) is 20.8. The van der Waals surface area contributed by atoms with Crippen molar-refractivity contribution in [3.63, 3.8) is 0 Å². The van der Waals surface area contributed by atoms with Crippen LogP contribution < -0.4 is 0 Å². The number of hydrogen-bond acceptors (Lipinski definition) is 5. The summed E-state index contributed by atoms with van der Waals surface area (Å²) in [5.74, 6) is -0.274. The number of sulfone groups is 1. The molecular weight excluding hydrogens is 462 g/mol. The third-order valence-corrected chi connectivity index (χ3v) is 7.67. The average molecular weight is 494 g/mol. The first-order valence-corrected chi connectivity index (χ1v) is 13.4. The van der Waals surface area contributed by atoms with Gasteiger partial charge in [-0.25, -0.2) is 13.4 Å². The predicted molar refractivity (Wildman–Crippen MR) is 135 cm³/mol. The molecule has 0 radical (unpaired) electrons. The largest absolute Gasteiger partial charge is 0.376 e. The van der Waals surface area contributed by atoms with Crippen LogP contribution >= 0.6 is 0 Å². The number of amides is 1. The minimum atomic E-state index is -3.70. The topological polar surface area (TPSA) is 81.5 Å². The van der Waals surface area contributed by atoms with Crippen LogP contribution in [0.3, 0.4) is 0 Å². The van der Waals surface area contributed by atoms with Crippen molar-refractivity contribution >= 4 is 15.7 Å². The fourth-order valence-corrected chi connectivity index (χ4v) is 5.78. The Morgan fingerprint density at radius 2 is 1.94 bits per heavy atom.